The molecule has 0 spiro atoms. The van der Waals surface area contributed by atoms with Gasteiger partial charge in [0.1, 0.15) is 0 Å². The smallest absolute Gasteiger partial charge is 0.187 e. The normalized spacial score (nSPS) is 16.1. The van der Waals surface area contributed by atoms with Crippen LogP contribution in [-0.2, 0) is 0 Å². The Morgan fingerprint density at radius 3 is 2.20 bits per heavy atom. The van der Waals surface area contributed by atoms with Gasteiger partial charge in [0.2, 0.25) is 0 Å². The Balaban J connectivity index is 2.77. The van der Waals surface area contributed by atoms with E-state index in [2.05, 4.69) is 30.7 Å². The van der Waals surface area contributed by atoms with Crippen molar-refractivity contribution >= 4 is 11.8 Å². The molecular weight excluding hydrogens is 206 g/mol. The Morgan fingerprint density at radius 2 is 1.80 bits per heavy atom. The number of hydrogen-bond donors (Lipinski definition) is 1. The van der Waals surface area contributed by atoms with E-state index in [0.717, 1.165) is 5.16 Å². The number of thioether (sulfide) groups is 1. The minimum Gasteiger partial charge on any atom is -0.327 e. The first-order valence-corrected chi connectivity index (χ1v) is 5.98. The molecular formula is C11H19N3S. The van der Waals surface area contributed by atoms with Gasteiger partial charge in [-0.15, -0.1) is 0 Å². The Hall–Kier alpha value is -0.610. The van der Waals surface area contributed by atoms with Gasteiger partial charge < -0.3 is 5.73 Å². The van der Waals surface area contributed by atoms with Crippen molar-refractivity contribution in [2.45, 2.75) is 44.1 Å². The molecule has 0 saturated carbocycles. The van der Waals surface area contributed by atoms with E-state index >= 15 is 0 Å². The molecule has 0 aliphatic carbocycles. The van der Waals surface area contributed by atoms with Gasteiger partial charge in [0.15, 0.2) is 5.16 Å². The van der Waals surface area contributed by atoms with Gasteiger partial charge in [-0.25, -0.2) is 9.97 Å². The van der Waals surface area contributed by atoms with Crippen molar-refractivity contribution in [3.8, 4) is 0 Å². The standard InChI is InChI=1S/C11H19N3S/c1-8(12)9(11(2,3)4)15-10-13-6-5-7-14-10/h5-9H,12H2,1-4H3. The Bertz CT molecular complexity index is 292. The summed E-state index contributed by atoms with van der Waals surface area (Å²) in [5.41, 5.74) is 6.15. The van der Waals surface area contributed by atoms with E-state index in [1.807, 2.05) is 13.0 Å². The Morgan fingerprint density at radius 1 is 1.27 bits per heavy atom. The van der Waals surface area contributed by atoms with Crippen molar-refractivity contribution in [2.75, 3.05) is 0 Å². The molecule has 0 amide bonds. The van der Waals surface area contributed by atoms with Crippen LogP contribution in [0.5, 0.6) is 0 Å². The van der Waals surface area contributed by atoms with E-state index < -0.39 is 0 Å². The molecule has 0 aromatic carbocycles. The fourth-order valence-corrected chi connectivity index (χ4v) is 2.57. The average Bonchev–Trinajstić information content (AvgIpc) is 2.13. The highest BCUT2D eigenvalue weighted by Crippen LogP contribution is 2.35. The van der Waals surface area contributed by atoms with Gasteiger partial charge in [0, 0.05) is 23.7 Å². The molecule has 4 heteroatoms. The van der Waals surface area contributed by atoms with Crippen molar-refractivity contribution in [2.24, 2.45) is 11.1 Å². The molecule has 1 aromatic rings. The van der Waals surface area contributed by atoms with Crippen LogP contribution in [0.2, 0.25) is 0 Å². The van der Waals surface area contributed by atoms with Crippen LogP contribution < -0.4 is 5.73 Å². The molecule has 0 aliphatic rings. The van der Waals surface area contributed by atoms with Crippen LogP contribution in [-0.4, -0.2) is 21.3 Å². The highest BCUT2D eigenvalue weighted by Gasteiger charge is 2.29. The number of hydrogen-bond acceptors (Lipinski definition) is 4. The van der Waals surface area contributed by atoms with Crippen LogP contribution in [0.3, 0.4) is 0 Å². The van der Waals surface area contributed by atoms with E-state index in [1.54, 1.807) is 24.2 Å². The van der Waals surface area contributed by atoms with Crippen LogP contribution in [0.1, 0.15) is 27.7 Å². The van der Waals surface area contributed by atoms with Crippen LogP contribution in [0.15, 0.2) is 23.6 Å². The summed E-state index contributed by atoms with van der Waals surface area (Å²) >= 11 is 1.66. The van der Waals surface area contributed by atoms with Gasteiger partial charge in [-0.05, 0) is 18.4 Å². The van der Waals surface area contributed by atoms with Crippen LogP contribution in [0.4, 0.5) is 0 Å². The third kappa shape index (κ3) is 3.80. The first-order valence-electron chi connectivity index (χ1n) is 5.10. The predicted octanol–water partition coefficient (Wildman–Crippen LogP) is 2.33. The first kappa shape index (κ1) is 12.5. The van der Waals surface area contributed by atoms with Crippen molar-refractivity contribution in [3.63, 3.8) is 0 Å². The van der Waals surface area contributed by atoms with Crippen molar-refractivity contribution in [1.82, 2.24) is 9.97 Å². The molecule has 2 atom stereocenters. The van der Waals surface area contributed by atoms with E-state index in [4.69, 9.17) is 5.73 Å². The topological polar surface area (TPSA) is 51.8 Å². The van der Waals surface area contributed by atoms with Crippen LogP contribution in [0, 0.1) is 5.41 Å². The highest BCUT2D eigenvalue weighted by molar-refractivity contribution is 7.99. The van der Waals surface area contributed by atoms with E-state index in [9.17, 15) is 0 Å². The van der Waals surface area contributed by atoms with Crippen molar-refractivity contribution in [1.29, 1.82) is 0 Å². The summed E-state index contributed by atoms with van der Waals surface area (Å²) in [6.45, 7) is 8.61. The largest absolute Gasteiger partial charge is 0.327 e. The number of aromatic nitrogens is 2. The molecule has 1 rings (SSSR count). The minimum atomic E-state index is 0.124. The zero-order valence-corrected chi connectivity index (χ0v) is 10.6. The maximum absolute atomic E-state index is 5.99. The average molecular weight is 225 g/mol. The highest BCUT2D eigenvalue weighted by atomic mass is 32.2. The summed E-state index contributed by atoms with van der Waals surface area (Å²) in [5, 5.41) is 1.12. The summed E-state index contributed by atoms with van der Waals surface area (Å²) in [5.74, 6) is 0. The van der Waals surface area contributed by atoms with Crippen LogP contribution >= 0.6 is 11.8 Å². The first-order chi connectivity index (χ1) is 6.91. The number of rotatable bonds is 3. The lowest BCUT2D eigenvalue weighted by Gasteiger charge is -2.32. The second-order valence-corrected chi connectivity index (χ2v) is 5.90. The molecule has 0 bridgehead atoms. The Labute approximate surface area is 95.9 Å². The van der Waals surface area contributed by atoms with Gasteiger partial charge in [-0.2, -0.15) is 0 Å². The molecule has 1 aromatic heterocycles. The van der Waals surface area contributed by atoms with E-state index in [0.29, 0.717) is 5.25 Å². The molecule has 0 saturated heterocycles. The molecule has 0 radical (unpaired) electrons. The lowest BCUT2D eigenvalue weighted by molar-refractivity contribution is 0.363. The fraction of sp³-hybridized carbons (Fsp3) is 0.636. The van der Waals surface area contributed by atoms with Gasteiger partial charge in [-0.1, -0.05) is 32.5 Å². The summed E-state index contributed by atoms with van der Waals surface area (Å²) < 4.78 is 0. The zero-order valence-electron chi connectivity index (χ0n) is 9.77. The second kappa shape index (κ2) is 4.94. The van der Waals surface area contributed by atoms with Gasteiger partial charge in [0.25, 0.3) is 0 Å². The van der Waals surface area contributed by atoms with Crippen molar-refractivity contribution in [3.05, 3.63) is 18.5 Å². The third-order valence-electron chi connectivity index (χ3n) is 2.11. The summed E-state index contributed by atoms with van der Waals surface area (Å²) in [7, 11) is 0. The van der Waals surface area contributed by atoms with Crippen molar-refractivity contribution < 1.29 is 0 Å². The number of nitrogens with two attached hydrogens (primary N) is 1. The molecule has 15 heavy (non-hydrogen) atoms. The SMILES string of the molecule is CC(N)C(Sc1ncccn1)C(C)(C)C. The quantitative estimate of drug-likeness (QED) is 0.633. The van der Waals surface area contributed by atoms with Gasteiger partial charge in [0.05, 0.1) is 0 Å². The maximum atomic E-state index is 5.99. The van der Waals surface area contributed by atoms with Gasteiger partial charge >= 0.3 is 0 Å². The number of nitrogens with zero attached hydrogens (tertiary/aromatic N) is 2. The monoisotopic (exact) mass is 225 g/mol. The molecule has 3 nitrogen and oxygen atoms in total. The molecule has 84 valence electrons. The molecule has 2 unspecified atom stereocenters. The van der Waals surface area contributed by atoms with E-state index in [-0.39, 0.29) is 11.5 Å². The van der Waals surface area contributed by atoms with Gasteiger partial charge in [-0.3, -0.25) is 0 Å². The summed E-state index contributed by atoms with van der Waals surface area (Å²) in [6, 6.07) is 1.95. The lowest BCUT2D eigenvalue weighted by Crippen LogP contribution is -2.39. The molecule has 0 aliphatic heterocycles. The fourth-order valence-electron chi connectivity index (χ4n) is 1.53. The maximum Gasteiger partial charge on any atom is 0.187 e. The molecule has 2 N–H and O–H groups in total. The summed E-state index contributed by atoms with van der Waals surface area (Å²) in [6.07, 6.45) is 3.52. The molecule has 0 fully saturated rings. The van der Waals surface area contributed by atoms with E-state index in [1.165, 1.54) is 0 Å². The third-order valence-corrected chi connectivity index (χ3v) is 3.92. The summed E-state index contributed by atoms with van der Waals surface area (Å²) in [4.78, 5) is 8.42. The predicted molar refractivity (Wildman–Crippen MR) is 64.8 cm³/mol. The zero-order chi connectivity index (χ0) is 11.5. The second-order valence-electron chi connectivity index (χ2n) is 4.79. The van der Waals surface area contributed by atoms with Crippen LogP contribution in [0.25, 0.3) is 0 Å². The Kier molecular flexibility index (Phi) is 4.11. The lowest BCUT2D eigenvalue weighted by atomic mass is 9.88. The minimum absolute atomic E-state index is 0.124. The molecule has 1 heterocycles.